The van der Waals surface area contributed by atoms with Crippen LogP contribution in [0.15, 0.2) is 18.2 Å². The molecule has 0 aromatic heterocycles. The first kappa shape index (κ1) is 29.6. The van der Waals surface area contributed by atoms with Crippen LogP contribution in [0.5, 0.6) is 0 Å². The molecule has 13 heteroatoms. The third kappa shape index (κ3) is 6.19. The Labute approximate surface area is 225 Å². The van der Waals surface area contributed by atoms with E-state index in [1.54, 1.807) is 13.8 Å². The molecule has 210 valence electrons. The number of likely N-dealkylation sites (tertiary alicyclic amines) is 1. The van der Waals surface area contributed by atoms with Crippen LogP contribution in [0.3, 0.4) is 0 Å². The SMILES string of the molecule is CC(C)[C@H](NC(=O)[C@@H]1CCCN1C(=O)[C@H](C)NC(=O)[C@H](C)N)C(=O)c1cccc2c1C(=O)CCC(=O)N2[NH+]=O. The van der Waals surface area contributed by atoms with Gasteiger partial charge >= 0.3 is 0 Å². The molecule has 0 radical (unpaired) electrons. The number of nitrogens with two attached hydrogens (primary N) is 1. The zero-order chi connectivity index (χ0) is 29.0. The van der Waals surface area contributed by atoms with E-state index < -0.39 is 65.3 Å². The highest BCUT2D eigenvalue weighted by molar-refractivity contribution is 6.17. The number of fused-ring (bicyclic) bond motifs is 1. The number of nitroso groups, excluding NO2 is 1. The molecule has 4 amide bonds. The number of benzene rings is 1. The fourth-order valence-corrected chi connectivity index (χ4v) is 4.83. The summed E-state index contributed by atoms with van der Waals surface area (Å²) >= 11 is 0. The molecule has 0 saturated carbocycles. The first-order valence-electron chi connectivity index (χ1n) is 13.0. The zero-order valence-corrected chi connectivity index (χ0v) is 22.5. The first-order valence-corrected chi connectivity index (χ1v) is 13.0. The highest BCUT2D eigenvalue weighted by Crippen LogP contribution is 2.29. The van der Waals surface area contributed by atoms with Crippen LogP contribution in [-0.2, 0) is 19.2 Å². The van der Waals surface area contributed by atoms with E-state index >= 15 is 0 Å². The van der Waals surface area contributed by atoms with Gasteiger partial charge in [0.05, 0.1) is 17.6 Å². The monoisotopic (exact) mass is 543 g/mol. The molecule has 1 fully saturated rings. The van der Waals surface area contributed by atoms with Crippen molar-refractivity contribution in [1.82, 2.24) is 15.5 Å². The van der Waals surface area contributed by atoms with Gasteiger partial charge in [-0.3, -0.25) is 28.8 Å². The Balaban J connectivity index is 1.85. The molecular formula is C26H35N6O7+. The van der Waals surface area contributed by atoms with E-state index in [0.29, 0.717) is 24.4 Å². The van der Waals surface area contributed by atoms with Gasteiger partial charge in [-0.15, -0.1) is 0 Å². The predicted molar refractivity (Wildman–Crippen MR) is 139 cm³/mol. The van der Waals surface area contributed by atoms with Crippen molar-refractivity contribution in [3.63, 3.8) is 0 Å². The molecule has 3 rings (SSSR count). The van der Waals surface area contributed by atoms with E-state index in [1.807, 2.05) is 0 Å². The average Bonchev–Trinajstić information content (AvgIpc) is 3.35. The van der Waals surface area contributed by atoms with Crippen LogP contribution in [0.25, 0.3) is 0 Å². The number of Topliss-reactive ketones (excluding diaryl/α,β-unsaturated/α-hetero) is 2. The Hall–Kier alpha value is -4.00. The maximum atomic E-state index is 13.7. The molecule has 0 bridgehead atoms. The Morgan fingerprint density at radius 1 is 1.05 bits per heavy atom. The van der Waals surface area contributed by atoms with Gasteiger partial charge in [0.15, 0.2) is 11.6 Å². The lowest BCUT2D eigenvalue weighted by Crippen LogP contribution is -2.80. The van der Waals surface area contributed by atoms with Crippen LogP contribution < -0.4 is 26.7 Å². The minimum absolute atomic E-state index is 0.0157. The Morgan fingerprint density at radius 3 is 2.36 bits per heavy atom. The van der Waals surface area contributed by atoms with Gasteiger partial charge in [0, 0.05) is 29.9 Å². The normalized spacial score (nSPS) is 19.6. The maximum absolute atomic E-state index is 13.7. The van der Waals surface area contributed by atoms with Crippen molar-refractivity contribution in [3.8, 4) is 0 Å². The molecule has 39 heavy (non-hydrogen) atoms. The summed E-state index contributed by atoms with van der Waals surface area (Å²) in [7, 11) is 0. The largest absolute Gasteiger partial charge is 0.344 e. The molecule has 0 aliphatic carbocycles. The van der Waals surface area contributed by atoms with Crippen LogP contribution in [0.1, 0.15) is 74.1 Å². The molecule has 2 heterocycles. The first-order chi connectivity index (χ1) is 18.4. The maximum Gasteiger partial charge on any atom is 0.288 e. The van der Waals surface area contributed by atoms with Gasteiger partial charge in [0.25, 0.3) is 5.91 Å². The topological polar surface area (TPSA) is 190 Å². The van der Waals surface area contributed by atoms with E-state index in [2.05, 4.69) is 10.6 Å². The third-order valence-electron chi connectivity index (χ3n) is 6.96. The van der Waals surface area contributed by atoms with Gasteiger partial charge in [-0.25, -0.2) is 0 Å². The number of hydrogen-bond acceptors (Lipinski definition) is 8. The number of ketones is 2. The summed E-state index contributed by atoms with van der Waals surface area (Å²) in [5.74, 6) is -3.50. The van der Waals surface area contributed by atoms with Crippen LogP contribution in [0.2, 0.25) is 0 Å². The number of anilines is 1. The Bertz CT molecular complexity index is 1200. The van der Waals surface area contributed by atoms with E-state index in [0.717, 1.165) is 0 Å². The molecule has 13 nitrogen and oxygen atoms in total. The van der Waals surface area contributed by atoms with Gasteiger partial charge in [-0.1, -0.05) is 26.0 Å². The average molecular weight is 544 g/mol. The lowest BCUT2D eigenvalue weighted by atomic mass is 9.89. The zero-order valence-electron chi connectivity index (χ0n) is 22.5. The van der Waals surface area contributed by atoms with Crippen LogP contribution >= 0.6 is 0 Å². The number of nitrogens with one attached hydrogen (secondary N) is 3. The number of rotatable bonds is 9. The number of carbonyl (C=O) groups is 6. The highest BCUT2D eigenvalue weighted by Gasteiger charge is 2.40. The lowest BCUT2D eigenvalue weighted by molar-refractivity contribution is -0.484. The van der Waals surface area contributed by atoms with E-state index in [9.17, 15) is 33.7 Å². The van der Waals surface area contributed by atoms with E-state index in [-0.39, 0.29) is 29.7 Å². The lowest BCUT2D eigenvalue weighted by Gasteiger charge is -2.30. The van der Waals surface area contributed by atoms with Crippen molar-refractivity contribution in [1.29, 1.82) is 0 Å². The number of nitrogens with zero attached hydrogens (tertiary/aromatic N) is 2. The fraction of sp³-hybridized carbons (Fsp3) is 0.538. The molecular weight excluding hydrogens is 508 g/mol. The molecule has 0 spiro atoms. The summed E-state index contributed by atoms with van der Waals surface area (Å²) < 4.78 is 0. The van der Waals surface area contributed by atoms with Gasteiger partial charge in [0.2, 0.25) is 17.7 Å². The quantitative estimate of drug-likeness (QED) is 0.283. The Morgan fingerprint density at radius 2 is 1.74 bits per heavy atom. The molecule has 1 saturated heterocycles. The van der Waals surface area contributed by atoms with Crippen LogP contribution in [0.4, 0.5) is 5.69 Å². The van der Waals surface area contributed by atoms with Crippen LogP contribution in [-0.4, -0.2) is 70.8 Å². The standard InChI is InChI=1S/C26H34N6O7/c1-13(2)22(23(35)16-7-5-8-17-21(16)19(33)10-11-20(34)32(17)30-39)29-25(37)18-9-6-12-31(18)26(38)15(4)28-24(36)14(3)27/h5,7-8,13-15,18,22H,6,9-12,27H2,1-4H3,(H,28,36)(H,29,37)/p+1/t14-,15-,18-,22-/m0/s1. The van der Waals surface area contributed by atoms with E-state index in [4.69, 9.17) is 5.73 Å². The molecule has 1 aromatic rings. The molecule has 2 aliphatic rings. The summed E-state index contributed by atoms with van der Waals surface area (Å²) in [6, 6.07) is 0.667. The highest BCUT2D eigenvalue weighted by atomic mass is 16.3. The minimum atomic E-state index is -1.06. The van der Waals surface area contributed by atoms with Gasteiger partial charge in [0.1, 0.15) is 23.1 Å². The van der Waals surface area contributed by atoms with Gasteiger partial charge in [-0.05, 0) is 43.7 Å². The smallest absolute Gasteiger partial charge is 0.288 e. The minimum Gasteiger partial charge on any atom is -0.344 e. The van der Waals surface area contributed by atoms with Crippen molar-refractivity contribution in [2.45, 2.75) is 77.5 Å². The molecule has 5 N–H and O–H groups in total. The van der Waals surface area contributed by atoms with Crippen molar-refractivity contribution >= 4 is 40.9 Å². The summed E-state index contributed by atoms with van der Waals surface area (Å²) in [6.45, 7) is 6.77. The summed E-state index contributed by atoms with van der Waals surface area (Å²) in [5, 5.41) is 7.52. The predicted octanol–water partition coefficient (Wildman–Crippen LogP) is -1.08. The summed E-state index contributed by atoms with van der Waals surface area (Å²) in [6.07, 6.45) is 0.556. The molecule has 0 unspecified atom stereocenters. The number of carbonyl (C=O) groups excluding carboxylic acids is 6. The second kappa shape index (κ2) is 12.2. The van der Waals surface area contributed by atoms with E-state index in [1.165, 1.54) is 42.2 Å². The van der Waals surface area contributed by atoms with Crippen molar-refractivity contribution in [2.24, 2.45) is 11.7 Å². The molecule has 2 aliphatic heterocycles. The second-order valence-electron chi connectivity index (χ2n) is 10.2. The van der Waals surface area contributed by atoms with Crippen molar-refractivity contribution in [2.75, 3.05) is 11.6 Å². The van der Waals surface area contributed by atoms with Gasteiger partial charge in [-0.2, -0.15) is 0 Å². The molecule has 4 atom stereocenters. The number of hydrogen-bond donors (Lipinski definition) is 4. The van der Waals surface area contributed by atoms with Crippen molar-refractivity contribution < 1.29 is 34.1 Å². The van der Waals surface area contributed by atoms with Crippen molar-refractivity contribution in [3.05, 3.63) is 34.2 Å². The van der Waals surface area contributed by atoms with Crippen LogP contribution in [0, 0.1) is 10.8 Å². The number of hydrazine groups is 1. The number of amides is 4. The Kier molecular flexibility index (Phi) is 9.28. The fourth-order valence-electron chi connectivity index (χ4n) is 4.83. The second-order valence-corrected chi connectivity index (χ2v) is 10.2. The third-order valence-corrected chi connectivity index (χ3v) is 6.96. The summed E-state index contributed by atoms with van der Waals surface area (Å²) in [4.78, 5) is 90.2. The van der Waals surface area contributed by atoms with Gasteiger partial charge < -0.3 is 21.3 Å². The summed E-state index contributed by atoms with van der Waals surface area (Å²) in [5.41, 5.74) is 5.46. The molecule has 1 aromatic carbocycles.